The summed E-state index contributed by atoms with van der Waals surface area (Å²) < 4.78 is 13.4. The highest BCUT2D eigenvalue weighted by atomic mass is 19.1. The molecule has 2 aromatic carbocycles. The average molecular weight is 394 g/mol. The van der Waals surface area contributed by atoms with Gasteiger partial charge in [-0.05, 0) is 75.3 Å². The molecule has 0 bridgehead atoms. The summed E-state index contributed by atoms with van der Waals surface area (Å²) >= 11 is 0. The Morgan fingerprint density at radius 2 is 1.76 bits per heavy atom. The van der Waals surface area contributed by atoms with Crippen molar-refractivity contribution in [3.05, 3.63) is 82.7 Å². The molecule has 0 fully saturated rings. The van der Waals surface area contributed by atoms with Gasteiger partial charge in [-0.25, -0.2) is 4.39 Å². The molecule has 0 radical (unpaired) electrons. The van der Waals surface area contributed by atoms with Crippen LogP contribution in [0, 0.1) is 11.7 Å². The van der Waals surface area contributed by atoms with E-state index in [-0.39, 0.29) is 34.6 Å². The first-order valence-electron chi connectivity index (χ1n) is 9.98. The number of benzene rings is 2. The van der Waals surface area contributed by atoms with Gasteiger partial charge in [-0.1, -0.05) is 41.5 Å². The van der Waals surface area contributed by atoms with Crippen molar-refractivity contribution in [3.8, 4) is 11.5 Å². The van der Waals surface area contributed by atoms with Gasteiger partial charge in [0.25, 0.3) is 0 Å². The summed E-state index contributed by atoms with van der Waals surface area (Å²) in [6.45, 7) is 4.15. The SMILES string of the molecule is CC(C)=CCCC1=CC[C@@H](C(=O)c2c(O)cccc2O)[C@H](c2ccc(F)cc2)C1. The lowest BCUT2D eigenvalue weighted by Crippen LogP contribution is -2.26. The van der Waals surface area contributed by atoms with E-state index in [1.807, 2.05) is 0 Å². The van der Waals surface area contributed by atoms with Gasteiger partial charge in [-0.15, -0.1) is 0 Å². The maximum absolute atomic E-state index is 13.4. The largest absolute Gasteiger partial charge is 0.507 e. The van der Waals surface area contributed by atoms with Crippen LogP contribution in [-0.4, -0.2) is 16.0 Å². The summed E-state index contributed by atoms with van der Waals surface area (Å²) in [5.41, 5.74) is 3.42. The second-order valence-corrected chi connectivity index (χ2v) is 7.92. The quantitative estimate of drug-likeness (QED) is 0.447. The van der Waals surface area contributed by atoms with E-state index < -0.39 is 5.92 Å². The Labute approximate surface area is 171 Å². The Morgan fingerprint density at radius 3 is 2.38 bits per heavy atom. The molecule has 3 rings (SSSR count). The van der Waals surface area contributed by atoms with Gasteiger partial charge in [0.1, 0.15) is 22.9 Å². The van der Waals surface area contributed by atoms with Crippen molar-refractivity contribution in [1.82, 2.24) is 0 Å². The van der Waals surface area contributed by atoms with E-state index in [2.05, 4.69) is 26.0 Å². The average Bonchev–Trinajstić information content (AvgIpc) is 2.68. The summed E-state index contributed by atoms with van der Waals surface area (Å²) in [5, 5.41) is 20.3. The zero-order valence-electron chi connectivity index (χ0n) is 16.9. The van der Waals surface area contributed by atoms with E-state index in [0.717, 1.165) is 18.4 Å². The molecule has 1 aliphatic carbocycles. The Kier molecular flexibility index (Phi) is 6.53. The molecule has 0 saturated carbocycles. The molecule has 4 heteroatoms. The van der Waals surface area contributed by atoms with Crippen LogP contribution < -0.4 is 0 Å². The van der Waals surface area contributed by atoms with Gasteiger partial charge in [0.15, 0.2) is 5.78 Å². The summed E-state index contributed by atoms with van der Waals surface area (Å²) in [6.07, 6.45) is 7.41. The maximum Gasteiger partial charge on any atom is 0.174 e. The molecule has 0 saturated heterocycles. The normalized spacial score (nSPS) is 18.8. The molecule has 2 N–H and O–H groups in total. The second kappa shape index (κ2) is 9.08. The van der Waals surface area contributed by atoms with Crippen LogP contribution >= 0.6 is 0 Å². The topological polar surface area (TPSA) is 57.5 Å². The Balaban J connectivity index is 1.92. The van der Waals surface area contributed by atoms with E-state index in [0.29, 0.717) is 12.8 Å². The number of phenolic OH excluding ortho intramolecular Hbond substituents is 2. The highest BCUT2D eigenvalue weighted by molar-refractivity contribution is 6.03. The zero-order valence-corrected chi connectivity index (χ0v) is 16.9. The van der Waals surface area contributed by atoms with Crippen molar-refractivity contribution in [1.29, 1.82) is 0 Å². The number of hydrogen-bond donors (Lipinski definition) is 2. The van der Waals surface area contributed by atoms with Crippen LogP contribution in [-0.2, 0) is 0 Å². The molecule has 2 atom stereocenters. The highest BCUT2D eigenvalue weighted by Crippen LogP contribution is 2.43. The summed E-state index contributed by atoms with van der Waals surface area (Å²) in [7, 11) is 0. The predicted octanol–water partition coefficient (Wildman–Crippen LogP) is 6.29. The number of hydrogen-bond acceptors (Lipinski definition) is 3. The fourth-order valence-electron chi connectivity index (χ4n) is 4.03. The number of rotatable bonds is 6. The fourth-order valence-corrected chi connectivity index (χ4v) is 4.03. The third kappa shape index (κ3) is 4.94. The number of carbonyl (C=O) groups is 1. The first kappa shape index (κ1) is 20.8. The minimum absolute atomic E-state index is 0.0361. The molecule has 2 aromatic rings. The monoisotopic (exact) mass is 394 g/mol. The Morgan fingerprint density at radius 1 is 1.10 bits per heavy atom. The van der Waals surface area contributed by atoms with Gasteiger partial charge in [0.05, 0.1) is 0 Å². The van der Waals surface area contributed by atoms with Crippen molar-refractivity contribution in [3.63, 3.8) is 0 Å². The first-order chi connectivity index (χ1) is 13.9. The van der Waals surface area contributed by atoms with Crippen LogP contribution in [0.15, 0.2) is 65.8 Å². The summed E-state index contributed by atoms with van der Waals surface area (Å²) in [5.74, 6) is -1.59. The molecule has 0 aliphatic heterocycles. The molecule has 0 spiro atoms. The van der Waals surface area contributed by atoms with Crippen molar-refractivity contribution in [2.45, 2.75) is 45.4 Å². The lowest BCUT2D eigenvalue weighted by molar-refractivity contribution is 0.0889. The number of halogens is 1. The van der Waals surface area contributed by atoms with Gasteiger partial charge >= 0.3 is 0 Å². The van der Waals surface area contributed by atoms with Crippen LogP contribution in [0.25, 0.3) is 0 Å². The van der Waals surface area contributed by atoms with Crippen molar-refractivity contribution in [2.24, 2.45) is 5.92 Å². The first-order valence-corrected chi connectivity index (χ1v) is 9.98. The standard InChI is InChI=1S/C25H27FO3/c1-16(2)5-3-6-17-9-14-20(21(15-17)18-10-12-19(26)13-11-18)25(29)24-22(27)7-4-8-23(24)28/h4-5,7-13,20-21,27-28H,3,6,14-15H2,1-2H3/t20-,21+/m1/s1. The summed E-state index contributed by atoms with van der Waals surface area (Å²) in [6, 6.07) is 10.6. The van der Waals surface area contributed by atoms with E-state index >= 15 is 0 Å². The van der Waals surface area contributed by atoms with Gasteiger partial charge in [0.2, 0.25) is 0 Å². The fraction of sp³-hybridized carbons (Fsp3) is 0.320. The zero-order chi connectivity index (χ0) is 21.0. The number of aromatic hydroxyl groups is 2. The number of carbonyl (C=O) groups excluding carboxylic acids is 1. The molecular weight excluding hydrogens is 367 g/mol. The van der Waals surface area contributed by atoms with Crippen LogP contribution in [0.2, 0.25) is 0 Å². The lowest BCUT2D eigenvalue weighted by atomic mass is 9.72. The van der Waals surface area contributed by atoms with Gasteiger partial charge in [-0.2, -0.15) is 0 Å². The molecule has 0 aromatic heterocycles. The van der Waals surface area contributed by atoms with Gasteiger partial charge in [0, 0.05) is 5.92 Å². The van der Waals surface area contributed by atoms with Crippen LogP contribution in [0.1, 0.15) is 61.4 Å². The molecule has 152 valence electrons. The number of allylic oxidation sites excluding steroid dienone is 4. The van der Waals surface area contributed by atoms with Gasteiger partial charge in [-0.3, -0.25) is 4.79 Å². The number of ketones is 1. The molecule has 0 heterocycles. The van der Waals surface area contributed by atoms with E-state index in [9.17, 15) is 19.4 Å². The molecular formula is C25H27FO3. The Hall–Kier alpha value is -2.88. The summed E-state index contributed by atoms with van der Waals surface area (Å²) in [4.78, 5) is 13.3. The van der Waals surface area contributed by atoms with Crippen LogP contribution in [0.5, 0.6) is 11.5 Å². The minimum atomic E-state index is -0.424. The molecule has 0 unspecified atom stereocenters. The molecule has 29 heavy (non-hydrogen) atoms. The minimum Gasteiger partial charge on any atom is -0.507 e. The molecule has 1 aliphatic rings. The third-order valence-corrected chi connectivity index (χ3v) is 5.55. The van der Waals surface area contributed by atoms with Crippen molar-refractivity contribution in [2.75, 3.05) is 0 Å². The molecule has 3 nitrogen and oxygen atoms in total. The van der Waals surface area contributed by atoms with Crippen molar-refractivity contribution >= 4 is 5.78 Å². The van der Waals surface area contributed by atoms with Crippen molar-refractivity contribution < 1.29 is 19.4 Å². The second-order valence-electron chi connectivity index (χ2n) is 7.92. The smallest absolute Gasteiger partial charge is 0.174 e. The van der Waals surface area contributed by atoms with E-state index in [1.54, 1.807) is 12.1 Å². The van der Waals surface area contributed by atoms with E-state index in [1.165, 1.54) is 41.5 Å². The third-order valence-electron chi connectivity index (χ3n) is 5.55. The number of Topliss-reactive ketones (excluding diaryl/α,β-unsaturated/α-hetero) is 1. The van der Waals surface area contributed by atoms with Crippen LogP contribution in [0.3, 0.4) is 0 Å². The maximum atomic E-state index is 13.4. The van der Waals surface area contributed by atoms with Crippen LogP contribution in [0.4, 0.5) is 4.39 Å². The van der Waals surface area contributed by atoms with Gasteiger partial charge < -0.3 is 10.2 Å². The lowest BCUT2D eigenvalue weighted by Gasteiger charge is -2.31. The predicted molar refractivity (Wildman–Crippen MR) is 113 cm³/mol. The Bertz CT molecular complexity index is 917. The molecule has 0 amide bonds. The number of phenols is 2. The van der Waals surface area contributed by atoms with E-state index in [4.69, 9.17) is 0 Å². The highest BCUT2D eigenvalue weighted by Gasteiger charge is 2.35.